The number of fused-ring (bicyclic) bond motifs is 1. The lowest BCUT2D eigenvalue weighted by Gasteiger charge is -2.35. The molecule has 3 aliphatic heterocycles. The van der Waals surface area contributed by atoms with Gasteiger partial charge in [-0.25, -0.2) is 8.42 Å². The first-order valence-electron chi connectivity index (χ1n) is 9.60. The van der Waals surface area contributed by atoms with Gasteiger partial charge in [-0.1, -0.05) is 0 Å². The first-order valence-corrected chi connectivity index (χ1v) is 11.0. The summed E-state index contributed by atoms with van der Waals surface area (Å²) in [6.07, 6.45) is 0. The van der Waals surface area contributed by atoms with E-state index in [1.807, 2.05) is 0 Å². The van der Waals surface area contributed by atoms with Gasteiger partial charge < -0.3 is 19.7 Å². The average molecular weight is 424 g/mol. The molecule has 4 rings (SSSR count). The van der Waals surface area contributed by atoms with Crippen molar-refractivity contribution in [3.8, 4) is 11.5 Å². The fraction of sp³-hybridized carbons (Fsp3) is 0.556. The number of piperazine rings is 2. The van der Waals surface area contributed by atoms with Crippen LogP contribution in [0.15, 0.2) is 23.1 Å². The third kappa shape index (κ3) is 4.31. The van der Waals surface area contributed by atoms with Crippen LogP contribution >= 0.6 is 0 Å². The number of hydrogen-bond acceptors (Lipinski definition) is 7. The lowest BCUT2D eigenvalue weighted by molar-refractivity contribution is -0.135. The van der Waals surface area contributed by atoms with Crippen molar-refractivity contribution in [1.82, 2.24) is 19.4 Å². The summed E-state index contributed by atoms with van der Waals surface area (Å²) in [5.74, 6) is 0.796. The molecule has 1 N–H and O–H groups in total. The van der Waals surface area contributed by atoms with E-state index in [0.717, 1.165) is 0 Å². The van der Waals surface area contributed by atoms with Crippen LogP contribution in [0.25, 0.3) is 0 Å². The molecule has 0 aliphatic carbocycles. The first-order chi connectivity index (χ1) is 13.9. The average Bonchev–Trinajstić information content (AvgIpc) is 2.73. The number of nitrogens with zero attached hydrogens (tertiary/aromatic N) is 3. The second-order valence-electron chi connectivity index (χ2n) is 7.15. The molecular weight excluding hydrogens is 400 g/mol. The summed E-state index contributed by atoms with van der Waals surface area (Å²) in [6, 6.07) is 4.61. The third-order valence-electron chi connectivity index (χ3n) is 5.22. The number of hydrogen-bond donors (Lipinski definition) is 1. The molecule has 2 fully saturated rings. The molecule has 0 spiro atoms. The second-order valence-corrected chi connectivity index (χ2v) is 9.09. The molecule has 0 atom stereocenters. The van der Waals surface area contributed by atoms with Gasteiger partial charge in [-0.2, -0.15) is 4.31 Å². The first kappa shape index (κ1) is 19.9. The van der Waals surface area contributed by atoms with Crippen LogP contribution in [0.2, 0.25) is 0 Å². The van der Waals surface area contributed by atoms with Gasteiger partial charge >= 0.3 is 0 Å². The third-order valence-corrected chi connectivity index (χ3v) is 7.11. The zero-order valence-electron chi connectivity index (χ0n) is 16.0. The fourth-order valence-corrected chi connectivity index (χ4v) is 5.07. The zero-order chi connectivity index (χ0) is 20.4. The predicted molar refractivity (Wildman–Crippen MR) is 102 cm³/mol. The molecule has 0 unspecified atom stereocenters. The van der Waals surface area contributed by atoms with E-state index in [4.69, 9.17) is 9.47 Å². The quantitative estimate of drug-likeness (QED) is 0.642. The number of amides is 2. The minimum absolute atomic E-state index is 0.0839. The second kappa shape index (κ2) is 8.17. The van der Waals surface area contributed by atoms with E-state index in [1.165, 1.54) is 16.4 Å². The molecule has 1 aromatic rings. The monoisotopic (exact) mass is 424 g/mol. The minimum atomic E-state index is -3.68. The maximum atomic E-state index is 13.0. The van der Waals surface area contributed by atoms with Gasteiger partial charge in [-0.15, -0.1) is 0 Å². The van der Waals surface area contributed by atoms with Gasteiger partial charge in [0.05, 0.1) is 18.0 Å². The highest BCUT2D eigenvalue weighted by molar-refractivity contribution is 7.89. The van der Waals surface area contributed by atoms with Gasteiger partial charge in [0, 0.05) is 45.3 Å². The Kier molecular flexibility index (Phi) is 5.61. The molecule has 158 valence electrons. The lowest BCUT2D eigenvalue weighted by Crippen LogP contribution is -2.55. The summed E-state index contributed by atoms with van der Waals surface area (Å²) >= 11 is 0. The molecule has 2 saturated heterocycles. The van der Waals surface area contributed by atoms with Crippen LogP contribution in [0.5, 0.6) is 11.5 Å². The van der Waals surface area contributed by atoms with Crippen LogP contribution in [0, 0.1) is 0 Å². The van der Waals surface area contributed by atoms with Crippen molar-refractivity contribution >= 4 is 21.8 Å². The van der Waals surface area contributed by atoms with Gasteiger partial charge in [0.25, 0.3) is 0 Å². The molecule has 2 amide bonds. The van der Waals surface area contributed by atoms with Gasteiger partial charge in [0.2, 0.25) is 21.8 Å². The van der Waals surface area contributed by atoms with Gasteiger partial charge in [0.1, 0.15) is 13.2 Å². The summed E-state index contributed by atoms with van der Waals surface area (Å²) in [5.41, 5.74) is 0. The summed E-state index contributed by atoms with van der Waals surface area (Å²) < 4.78 is 38.3. The highest BCUT2D eigenvalue weighted by atomic mass is 32.2. The number of carbonyl (C=O) groups excluding carboxylic acids is 2. The standard InChI is InChI=1S/C18H24N4O6S/c23-17-12-20(4-3-19-17)13-18(24)21-5-7-22(8-6-21)29(25,26)14-1-2-15-16(11-14)28-10-9-27-15/h1-2,11H,3-10,12-13H2,(H,19,23). The molecule has 11 heteroatoms. The largest absolute Gasteiger partial charge is 0.486 e. The van der Waals surface area contributed by atoms with Crippen LogP contribution < -0.4 is 14.8 Å². The van der Waals surface area contributed by atoms with Gasteiger partial charge in [-0.05, 0) is 12.1 Å². The summed E-state index contributed by atoms with van der Waals surface area (Å²) in [6.45, 7) is 3.47. The van der Waals surface area contributed by atoms with Crippen LogP contribution in [-0.4, -0.2) is 99.9 Å². The number of carbonyl (C=O) groups is 2. The van der Waals surface area contributed by atoms with Gasteiger partial charge in [-0.3, -0.25) is 14.5 Å². The van der Waals surface area contributed by atoms with E-state index < -0.39 is 10.0 Å². The summed E-state index contributed by atoms with van der Waals surface area (Å²) in [7, 11) is -3.68. The Morgan fingerprint density at radius 1 is 1.03 bits per heavy atom. The van der Waals surface area contributed by atoms with E-state index in [0.29, 0.717) is 50.9 Å². The van der Waals surface area contributed by atoms with Crippen molar-refractivity contribution in [2.24, 2.45) is 0 Å². The Balaban J connectivity index is 1.36. The Morgan fingerprint density at radius 2 is 1.76 bits per heavy atom. The SMILES string of the molecule is O=C1CN(CC(=O)N2CCN(S(=O)(=O)c3ccc4c(c3)OCCO4)CC2)CCN1. The maximum absolute atomic E-state index is 13.0. The summed E-state index contributed by atoms with van der Waals surface area (Å²) in [5, 5.41) is 2.73. The van der Waals surface area contributed by atoms with Crippen LogP contribution in [0.4, 0.5) is 0 Å². The number of nitrogens with one attached hydrogen (secondary N) is 1. The van der Waals surface area contributed by atoms with Crippen molar-refractivity contribution in [2.75, 3.05) is 65.6 Å². The van der Waals surface area contributed by atoms with Crippen LogP contribution in [0.1, 0.15) is 0 Å². The number of ether oxygens (including phenoxy) is 2. The Morgan fingerprint density at radius 3 is 2.48 bits per heavy atom. The normalized spacial score (nSPS) is 21.0. The fourth-order valence-electron chi connectivity index (χ4n) is 3.63. The van der Waals surface area contributed by atoms with Crippen LogP contribution in [0.3, 0.4) is 0 Å². The highest BCUT2D eigenvalue weighted by Gasteiger charge is 2.32. The molecule has 29 heavy (non-hydrogen) atoms. The summed E-state index contributed by atoms with van der Waals surface area (Å²) in [4.78, 5) is 27.6. The Labute approximate surface area is 169 Å². The molecule has 0 bridgehead atoms. The number of sulfonamides is 1. The Bertz CT molecular complexity index is 898. The van der Waals surface area contributed by atoms with Gasteiger partial charge in [0.15, 0.2) is 11.5 Å². The molecule has 0 aromatic heterocycles. The zero-order valence-corrected chi connectivity index (χ0v) is 16.8. The molecule has 0 saturated carbocycles. The highest BCUT2D eigenvalue weighted by Crippen LogP contribution is 2.33. The van der Waals surface area contributed by atoms with Crippen molar-refractivity contribution in [3.05, 3.63) is 18.2 Å². The molecule has 1 aromatic carbocycles. The predicted octanol–water partition coefficient (Wildman–Crippen LogP) is -1.28. The van der Waals surface area contributed by atoms with E-state index >= 15 is 0 Å². The molecule has 3 aliphatic rings. The number of rotatable bonds is 4. The van der Waals surface area contributed by atoms with Crippen LogP contribution in [-0.2, 0) is 19.6 Å². The Hall–Kier alpha value is -2.37. The van der Waals surface area contributed by atoms with Crippen molar-refractivity contribution < 1.29 is 27.5 Å². The van der Waals surface area contributed by atoms with Crippen molar-refractivity contribution in [3.63, 3.8) is 0 Å². The van der Waals surface area contributed by atoms with E-state index in [2.05, 4.69) is 5.32 Å². The lowest BCUT2D eigenvalue weighted by atomic mass is 10.3. The topological polar surface area (TPSA) is 108 Å². The minimum Gasteiger partial charge on any atom is -0.486 e. The van der Waals surface area contributed by atoms with E-state index in [9.17, 15) is 18.0 Å². The van der Waals surface area contributed by atoms with E-state index in [-0.39, 0.29) is 42.9 Å². The number of benzene rings is 1. The maximum Gasteiger partial charge on any atom is 0.243 e. The molecular formula is C18H24N4O6S. The van der Waals surface area contributed by atoms with Crippen molar-refractivity contribution in [2.45, 2.75) is 4.90 Å². The van der Waals surface area contributed by atoms with E-state index in [1.54, 1.807) is 15.9 Å². The smallest absolute Gasteiger partial charge is 0.243 e. The molecule has 3 heterocycles. The van der Waals surface area contributed by atoms with Crippen molar-refractivity contribution in [1.29, 1.82) is 0 Å². The molecule has 0 radical (unpaired) electrons. The molecule has 10 nitrogen and oxygen atoms in total.